The quantitative estimate of drug-likeness (QED) is 0.197. The van der Waals surface area contributed by atoms with E-state index in [2.05, 4.69) is 6.07 Å². The Hall–Kier alpha value is -3.32. The summed E-state index contributed by atoms with van der Waals surface area (Å²) in [6.07, 6.45) is 6.63. The van der Waals surface area contributed by atoms with Crippen molar-refractivity contribution in [3.63, 3.8) is 0 Å². The van der Waals surface area contributed by atoms with Crippen LogP contribution in [0.5, 0.6) is 0 Å². The second-order valence-corrected chi connectivity index (χ2v) is 13.9. The number of carbonyl (C=O) groups is 1. The lowest BCUT2D eigenvalue weighted by Gasteiger charge is -2.24. The molecule has 1 N–H and O–H groups in total. The smallest absolute Gasteiger partial charge is 0.0843 e. The number of benzene rings is 3. The molecule has 1 fully saturated rings. The van der Waals surface area contributed by atoms with Gasteiger partial charge in [0.1, 0.15) is 0 Å². The molecule has 1 heterocycles. The first kappa shape index (κ1) is 30.1. The number of aliphatic carboxylic acids is 1. The molecule has 1 unspecified atom stereocenters. The van der Waals surface area contributed by atoms with Crippen LogP contribution in [0.25, 0.3) is 23.1 Å². The lowest BCUT2D eigenvalue weighted by atomic mass is 9.90. The molecule has 1 aromatic heterocycles. The summed E-state index contributed by atoms with van der Waals surface area (Å²) in [6.45, 7) is 3.54. The van der Waals surface area contributed by atoms with Crippen LogP contribution >= 0.6 is 11.6 Å². The van der Waals surface area contributed by atoms with Crippen molar-refractivity contribution in [2.75, 3.05) is 5.75 Å². The summed E-state index contributed by atoms with van der Waals surface area (Å²) in [7, 11) is -1.30. The van der Waals surface area contributed by atoms with Crippen LogP contribution in [-0.4, -0.2) is 26.0 Å². The molecule has 42 heavy (non-hydrogen) atoms. The van der Waals surface area contributed by atoms with E-state index < -0.39 is 27.8 Å². The van der Waals surface area contributed by atoms with E-state index in [4.69, 9.17) is 16.6 Å². The van der Waals surface area contributed by atoms with E-state index in [0.717, 1.165) is 51.7 Å². The lowest BCUT2D eigenvalue weighted by Crippen LogP contribution is -2.29. The third-order valence-electron chi connectivity index (χ3n) is 8.00. The molecular weight excluding hydrogens is 566 g/mol. The number of pyridine rings is 1. The molecule has 1 aliphatic carbocycles. The lowest BCUT2D eigenvalue weighted by molar-refractivity contribution is -0.307. The Morgan fingerprint density at radius 2 is 1.83 bits per heavy atom. The fourth-order valence-corrected chi connectivity index (χ4v) is 7.77. The second kappa shape index (κ2) is 12.5. The first-order valence-electron chi connectivity index (χ1n) is 14.2. The second-order valence-electron chi connectivity index (χ2n) is 11.9. The maximum Gasteiger partial charge on any atom is 0.0843 e. The van der Waals surface area contributed by atoms with E-state index in [1.54, 1.807) is 13.8 Å². The van der Waals surface area contributed by atoms with E-state index >= 15 is 0 Å². The van der Waals surface area contributed by atoms with Crippen molar-refractivity contribution in [2.24, 2.45) is 5.41 Å². The average Bonchev–Trinajstić information content (AvgIpc) is 3.69. The maximum absolute atomic E-state index is 13.9. The van der Waals surface area contributed by atoms with Crippen LogP contribution in [-0.2, 0) is 27.6 Å². The number of halogens is 1. The molecule has 0 amide bonds. The Morgan fingerprint density at radius 1 is 1.07 bits per heavy atom. The topological polar surface area (TPSA) is 90.3 Å². The zero-order valence-electron chi connectivity index (χ0n) is 23.9. The number of hydrogen-bond donors (Lipinski definition) is 1. The van der Waals surface area contributed by atoms with Crippen LogP contribution in [0.1, 0.15) is 72.7 Å². The highest BCUT2D eigenvalue weighted by atomic mass is 35.5. The van der Waals surface area contributed by atoms with Gasteiger partial charge in [0.25, 0.3) is 0 Å². The van der Waals surface area contributed by atoms with E-state index in [-0.39, 0.29) is 11.7 Å². The summed E-state index contributed by atoms with van der Waals surface area (Å²) in [4.78, 5) is 16.1. The summed E-state index contributed by atoms with van der Waals surface area (Å²) < 4.78 is 13.9. The minimum absolute atomic E-state index is 0.0558. The van der Waals surface area contributed by atoms with Crippen LogP contribution in [0.3, 0.4) is 0 Å². The molecule has 1 saturated carbocycles. The van der Waals surface area contributed by atoms with Gasteiger partial charge in [-0.3, -0.25) is 4.21 Å². The molecule has 218 valence electrons. The maximum atomic E-state index is 13.9. The number of rotatable bonds is 12. The zero-order chi connectivity index (χ0) is 29.9. The van der Waals surface area contributed by atoms with E-state index in [1.165, 1.54) is 0 Å². The van der Waals surface area contributed by atoms with Crippen molar-refractivity contribution in [3.8, 4) is 0 Å². The molecule has 0 saturated heterocycles. The molecule has 2 atom stereocenters. The van der Waals surface area contributed by atoms with Gasteiger partial charge in [-0.2, -0.15) is 0 Å². The Balaban J connectivity index is 1.41. The number of nitrogens with zero attached hydrogens (tertiary/aromatic N) is 1. The van der Waals surface area contributed by atoms with Crippen LogP contribution < -0.4 is 5.11 Å². The predicted molar refractivity (Wildman–Crippen MR) is 169 cm³/mol. The molecule has 0 aliphatic heterocycles. The molecular formula is C35H35ClNO4S-. The highest BCUT2D eigenvalue weighted by Crippen LogP contribution is 2.50. The molecule has 0 radical (unpaired) electrons. The van der Waals surface area contributed by atoms with Gasteiger partial charge in [-0.25, -0.2) is 4.98 Å². The SMILES string of the molecule is CC(C)(O)c1ccccc1CCC(c1cccc(/C=C/c2ccc3ccc(Cl)cc3n2)c1)[S@](=O)CC1(CC(=O)[O-])CC1. The van der Waals surface area contributed by atoms with Crippen molar-refractivity contribution in [3.05, 3.63) is 112 Å². The minimum Gasteiger partial charge on any atom is -0.550 e. The summed E-state index contributed by atoms with van der Waals surface area (Å²) in [5.74, 6) is -0.751. The molecule has 3 aromatic carbocycles. The Kier molecular flexibility index (Phi) is 8.97. The van der Waals surface area contributed by atoms with E-state index in [1.807, 2.05) is 84.9 Å². The molecule has 4 aromatic rings. The molecule has 5 nitrogen and oxygen atoms in total. The molecule has 7 heteroatoms. The summed E-state index contributed by atoms with van der Waals surface area (Å²) >= 11 is 6.15. The first-order valence-corrected chi connectivity index (χ1v) is 16.0. The number of carboxylic acids is 1. The van der Waals surface area contributed by atoms with Gasteiger partial charge in [-0.1, -0.05) is 78.3 Å². The minimum atomic E-state index is -1.30. The zero-order valence-corrected chi connectivity index (χ0v) is 25.5. The summed E-state index contributed by atoms with van der Waals surface area (Å²) in [5.41, 5.74) is 3.96. The van der Waals surface area contributed by atoms with Gasteiger partial charge in [0.15, 0.2) is 0 Å². The van der Waals surface area contributed by atoms with Gasteiger partial charge in [0, 0.05) is 32.9 Å². The number of aliphatic hydroxyl groups is 1. The molecule has 0 bridgehead atoms. The van der Waals surface area contributed by atoms with Crippen molar-refractivity contribution >= 4 is 51.4 Å². The van der Waals surface area contributed by atoms with Crippen molar-refractivity contribution < 1.29 is 19.2 Å². The van der Waals surface area contributed by atoms with Crippen molar-refractivity contribution in [1.29, 1.82) is 0 Å². The van der Waals surface area contributed by atoms with Crippen LogP contribution in [0.2, 0.25) is 5.02 Å². The fourth-order valence-electron chi connectivity index (χ4n) is 5.57. The van der Waals surface area contributed by atoms with Gasteiger partial charge in [-0.15, -0.1) is 0 Å². The largest absolute Gasteiger partial charge is 0.550 e. The standard InChI is InChI=1S/C35H36ClNO4S/c1-34(2,40)30-9-4-3-7-25(30)13-17-32(42(41)23-35(18-19-35)22-33(38)39)27-8-5-6-24(20-27)10-15-29-16-12-26-11-14-28(36)21-31(26)37-29/h3-12,14-16,20-21,32,40H,13,17-19,22-23H2,1-2H3,(H,38,39)/p-1/b15-10+/t32?,42-/m1/s1. The van der Waals surface area contributed by atoms with Gasteiger partial charge in [-0.05, 0) is 97.9 Å². The average molecular weight is 601 g/mol. The first-order chi connectivity index (χ1) is 20.0. The number of fused-ring (bicyclic) bond motifs is 1. The Labute approximate surface area is 254 Å². The molecule has 0 spiro atoms. The number of carboxylic acid groups (broad SMARTS) is 1. The summed E-state index contributed by atoms with van der Waals surface area (Å²) in [6, 6.07) is 25.4. The van der Waals surface area contributed by atoms with Crippen LogP contribution in [0.15, 0.2) is 78.9 Å². The Bertz CT molecular complexity index is 1650. The van der Waals surface area contributed by atoms with Crippen molar-refractivity contribution in [1.82, 2.24) is 4.98 Å². The normalized spacial score (nSPS) is 16.0. The van der Waals surface area contributed by atoms with Crippen molar-refractivity contribution in [2.45, 2.75) is 56.8 Å². The van der Waals surface area contributed by atoms with Crippen LogP contribution in [0, 0.1) is 5.41 Å². The van der Waals surface area contributed by atoms with Crippen LogP contribution in [0.4, 0.5) is 0 Å². The summed E-state index contributed by atoms with van der Waals surface area (Å²) in [5, 5.41) is 23.5. The third-order valence-corrected chi connectivity index (χ3v) is 10.3. The van der Waals surface area contributed by atoms with Gasteiger partial charge >= 0.3 is 0 Å². The monoisotopic (exact) mass is 600 g/mol. The van der Waals surface area contributed by atoms with Gasteiger partial charge < -0.3 is 15.0 Å². The number of hydrogen-bond acceptors (Lipinski definition) is 5. The van der Waals surface area contributed by atoms with E-state index in [9.17, 15) is 19.2 Å². The van der Waals surface area contributed by atoms with E-state index in [0.29, 0.717) is 23.6 Å². The number of aromatic nitrogens is 1. The Morgan fingerprint density at radius 3 is 2.57 bits per heavy atom. The predicted octanol–water partition coefficient (Wildman–Crippen LogP) is 6.63. The third kappa shape index (κ3) is 7.54. The molecule has 5 rings (SSSR count). The highest BCUT2D eigenvalue weighted by molar-refractivity contribution is 7.85. The van der Waals surface area contributed by atoms with Gasteiger partial charge in [0.05, 0.1) is 22.1 Å². The number of carbonyl (C=O) groups excluding carboxylic acids is 1. The number of aryl methyl sites for hydroxylation is 1. The highest BCUT2D eigenvalue weighted by Gasteiger charge is 2.45. The fraction of sp³-hybridized carbons (Fsp3) is 0.314. The molecule has 1 aliphatic rings. The van der Waals surface area contributed by atoms with Gasteiger partial charge in [0.2, 0.25) is 0 Å².